The van der Waals surface area contributed by atoms with Crippen LogP contribution in [0, 0.1) is 23.6 Å². The predicted octanol–water partition coefficient (Wildman–Crippen LogP) is 3.31. The first kappa shape index (κ1) is 17.2. The molecule has 2 atom stereocenters. The topological polar surface area (TPSA) is 90.1 Å². The summed E-state index contributed by atoms with van der Waals surface area (Å²) in [4.78, 5) is 20.2. The molecule has 2 aromatic heterocycles. The number of methoxy groups -OCH3 is 1. The van der Waals surface area contributed by atoms with Crippen LogP contribution in [0.5, 0.6) is 0 Å². The summed E-state index contributed by atoms with van der Waals surface area (Å²) in [6, 6.07) is 1.24. The lowest BCUT2D eigenvalue weighted by Gasteiger charge is -2.47. The summed E-state index contributed by atoms with van der Waals surface area (Å²) in [6.07, 6.45) is 5.35. The molecule has 0 saturated heterocycles. The number of carbonyl (C=O) groups excluding carboxylic acids is 1. The molecule has 3 fully saturated rings. The van der Waals surface area contributed by atoms with Gasteiger partial charge < -0.3 is 14.6 Å². The maximum atomic E-state index is 15.0. The lowest BCUT2D eigenvalue weighted by Crippen LogP contribution is -2.52. The van der Waals surface area contributed by atoms with Crippen LogP contribution in [-0.4, -0.2) is 34.2 Å². The molecule has 26 heavy (non-hydrogen) atoms. The van der Waals surface area contributed by atoms with Crippen LogP contribution in [0.15, 0.2) is 16.8 Å². The second-order valence-corrected chi connectivity index (χ2v) is 7.11. The summed E-state index contributed by atoms with van der Waals surface area (Å²) >= 11 is 5.98. The molecule has 138 valence electrons. The van der Waals surface area contributed by atoms with Crippen LogP contribution >= 0.6 is 11.6 Å². The van der Waals surface area contributed by atoms with Crippen molar-refractivity contribution in [2.75, 3.05) is 12.4 Å². The van der Waals surface area contributed by atoms with E-state index in [4.69, 9.17) is 20.9 Å². The van der Waals surface area contributed by atoms with Gasteiger partial charge in [-0.15, -0.1) is 0 Å². The maximum Gasteiger partial charge on any atom is 0.311 e. The van der Waals surface area contributed by atoms with Gasteiger partial charge in [-0.05, 0) is 49.1 Å². The van der Waals surface area contributed by atoms with E-state index < -0.39 is 5.82 Å². The predicted molar refractivity (Wildman–Crippen MR) is 90.9 cm³/mol. The molecule has 2 unspecified atom stereocenters. The fourth-order valence-corrected chi connectivity index (χ4v) is 4.48. The number of carbonyl (C=O) groups is 1. The van der Waals surface area contributed by atoms with Crippen molar-refractivity contribution >= 4 is 23.4 Å². The number of esters is 1. The quantitative estimate of drug-likeness (QED) is 0.642. The van der Waals surface area contributed by atoms with Crippen molar-refractivity contribution in [3.8, 4) is 11.5 Å². The minimum atomic E-state index is -0.684. The third-order valence-corrected chi connectivity index (χ3v) is 5.66. The van der Waals surface area contributed by atoms with Crippen molar-refractivity contribution in [3.05, 3.63) is 23.4 Å². The van der Waals surface area contributed by atoms with E-state index in [1.807, 2.05) is 0 Å². The summed E-state index contributed by atoms with van der Waals surface area (Å²) in [5.74, 6) is -0.670. The Morgan fingerprint density at radius 3 is 2.69 bits per heavy atom. The number of nitrogens with zero attached hydrogens (tertiary/aromatic N) is 3. The number of fused-ring (bicyclic) bond motifs is 3. The van der Waals surface area contributed by atoms with Crippen molar-refractivity contribution in [2.24, 2.45) is 17.8 Å². The monoisotopic (exact) mass is 380 g/mol. The van der Waals surface area contributed by atoms with Gasteiger partial charge in [-0.2, -0.15) is 4.98 Å². The summed E-state index contributed by atoms with van der Waals surface area (Å²) in [5.41, 5.74) is -0.0689. The van der Waals surface area contributed by atoms with E-state index >= 15 is 0 Å². The summed E-state index contributed by atoms with van der Waals surface area (Å²) < 4.78 is 25.0. The molecule has 7 nitrogen and oxygen atoms in total. The smallest absolute Gasteiger partial charge is 0.311 e. The standard InChI is InChI=1S/C17H18ClFN4O3/c1-25-16(24)11-8-2-4-9(5-3-8)13(11)21-15-12(19)14(22-17(18)23-15)10-6-7-20-26-10/h6-9,11,13H,2-5H2,1H3,(H,21,22,23). The van der Waals surface area contributed by atoms with Gasteiger partial charge >= 0.3 is 5.97 Å². The maximum absolute atomic E-state index is 15.0. The second kappa shape index (κ2) is 6.83. The highest BCUT2D eigenvalue weighted by atomic mass is 35.5. The van der Waals surface area contributed by atoms with Gasteiger partial charge in [0.05, 0.1) is 19.2 Å². The second-order valence-electron chi connectivity index (χ2n) is 6.77. The number of rotatable bonds is 4. The highest BCUT2D eigenvalue weighted by Gasteiger charge is 2.48. The molecular weight excluding hydrogens is 363 g/mol. The average Bonchev–Trinajstić information content (AvgIpc) is 3.19. The average molecular weight is 381 g/mol. The molecule has 0 aliphatic heterocycles. The molecule has 9 heteroatoms. The van der Waals surface area contributed by atoms with Crippen molar-refractivity contribution in [2.45, 2.75) is 31.7 Å². The Bertz CT molecular complexity index is 809. The minimum absolute atomic E-state index is 0.0390. The number of ether oxygens (including phenoxy) is 1. The van der Waals surface area contributed by atoms with Crippen LogP contribution in [0.1, 0.15) is 25.7 Å². The zero-order valence-corrected chi connectivity index (χ0v) is 14.9. The van der Waals surface area contributed by atoms with Gasteiger partial charge in [-0.25, -0.2) is 9.37 Å². The molecule has 3 aliphatic carbocycles. The van der Waals surface area contributed by atoms with Crippen LogP contribution in [0.25, 0.3) is 11.5 Å². The van der Waals surface area contributed by atoms with E-state index in [9.17, 15) is 9.18 Å². The van der Waals surface area contributed by atoms with E-state index in [1.54, 1.807) is 0 Å². The van der Waals surface area contributed by atoms with E-state index in [1.165, 1.54) is 19.4 Å². The van der Waals surface area contributed by atoms with Gasteiger partial charge in [0, 0.05) is 12.1 Å². The van der Waals surface area contributed by atoms with Crippen LogP contribution < -0.4 is 5.32 Å². The number of hydrogen-bond donors (Lipinski definition) is 1. The molecule has 0 aromatic carbocycles. The lowest BCUT2D eigenvalue weighted by atomic mass is 9.61. The van der Waals surface area contributed by atoms with Gasteiger partial charge in [0.2, 0.25) is 5.28 Å². The zero-order valence-electron chi connectivity index (χ0n) is 14.1. The molecule has 2 aromatic rings. The van der Waals surface area contributed by atoms with Gasteiger partial charge in [0.15, 0.2) is 23.1 Å². The normalized spacial score (nSPS) is 27.3. The molecule has 0 spiro atoms. The Hall–Kier alpha value is -2.22. The number of aromatic nitrogens is 3. The van der Waals surface area contributed by atoms with Crippen LogP contribution in [-0.2, 0) is 9.53 Å². The first-order chi connectivity index (χ1) is 12.6. The molecule has 5 rings (SSSR count). The largest absolute Gasteiger partial charge is 0.469 e. The van der Waals surface area contributed by atoms with Crippen molar-refractivity contribution in [3.63, 3.8) is 0 Å². The SMILES string of the molecule is COC(=O)C1C2CCC(CC2)C1Nc1nc(Cl)nc(-c2ccno2)c1F. The minimum Gasteiger partial charge on any atom is -0.469 e. The zero-order chi connectivity index (χ0) is 18.3. The fourth-order valence-electron chi connectivity index (χ4n) is 4.31. The van der Waals surface area contributed by atoms with E-state index in [0.29, 0.717) is 0 Å². The third-order valence-electron chi connectivity index (χ3n) is 5.49. The Balaban J connectivity index is 1.69. The van der Waals surface area contributed by atoms with Gasteiger partial charge in [-0.3, -0.25) is 4.79 Å². The molecule has 1 N–H and O–H groups in total. The lowest BCUT2D eigenvalue weighted by molar-refractivity contribution is -0.152. The molecule has 2 heterocycles. The van der Waals surface area contributed by atoms with Gasteiger partial charge in [0.25, 0.3) is 0 Å². The van der Waals surface area contributed by atoms with E-state index in [-0.39, 0.29) is 52.3 Å². The van der Waals surface area contributed by atoms with E-state index in [2.05, 4.69) is 20.4 Å². The third kappa shape index (κ3) is 2.92. The fraction of sp³-hybridized carbons (Fsp3) is 0.529. The number of nitrogens with one attached hydrogen (secondary N) is 1. The molecule has 3 saturated carbocycles. The first-order valence-electron chi connectivity index (χ1n) is 8.57. The number of halogens is 2. The Kier molecular flexibility index (Phi) is 4.52. The number of anilines is 1. The summed E-state index contributed by atoms with van der Waals surface area (Å²) in [7, 11) is 1.38. The Morgan fingerprint density at radius 2 is 2.04 bits per heavy atom. The Morgan fingerprint density at radius 1 is 1.31 bits per heavy atom. The van der Waals surface area contributed by atoms with Crippen molar-refractivity contribution in [1.82, 2.24) is 15.1 Å². The first-order valence-corrected chi connectivity index (χ1v) is 8.94. The molecule has 0 radical (unpaired) electrons. The van der Waals surface area contributed by atoms with Crippen LogP contribution in [0.2, 0.25) is 5.28 Å². The molecule has 0 amide bonds. The summed E-state index contributed by atoms with van der Waals surface area (Å²) in [6.45, 7) is 0. The van der Waals surface area contributed by atoms with Gasteiger partial charge in [-0.1, -0.05) is 5.16 Å². The summed E-state index contributed by atoms with van der Waals surface area (Å²) in [5, 5.41) is 6.57. The van der Waals surface area contributed by atoms with Gasteiger partial charge in [0.1, 0.15) is 0 Å². The van der Waals surface area contributed by atoms with Crippen LogP contribution in [0.3, 0.4) is 0 Å². The molecule has 3 aliphatic rings. The molecular formula is C17H18ClFN4O3. The number of hydrogen-bond acceptors (Lipinski definition) is 7. The highest BCUT2D eigenvalue weighted by molar-refractivity contribution is 6.28. The highest BCUT2D eigenvalue weighted by Crippen LogP contribution is 2.47. The molecule has 2 bridgehead atoms. The Labute approximate surface area is 154 Å². The van der Waals surface area contributed by atoms with E-state index in [0.717, 1.165) is 25.7 Å². The van der Waals surface area contributed by atoms with Crippen molar-refractivity contribution in [1.29, 1.82) is 0 Å². The van der Waals surface area contributed by atoms with Crippen LogP contribution in [0.4, 0.5) is 10.2 Å². The van der Waals surface area contributed by atoms with Crippen molar-refractivity contribution < 1.29 is 18.4 Å².